The van der Waals surface area contributed by atoms with Crippen LogP contribution in [0.1, 0.15) is 0 Å². The van der Waals surface area contributed by atoms with Crippen molar-refractivity contribution in [2.24, 2.45) is 0 Å². The number of anilines is 1. The molecule has 2 aromatic rings. The summed E-state index contributed by atoms with van der Waals surface area (Å²) >= 11 is 3.02. The highest BCUT2D eigenvalue weighted by molar-refractivity contribution is 7.99. The third-order valence-electron chi connectivity index (χ3n) is 3.35. The Bertz CT molecular complexity index is 704. The summed E-state index contributed by atoms with van der Waals surface area (Å²) in [7, 11) is 7.24. The normalized spacial score (nSPS) is 10.8. The van der Waals surface area contributed by atoms with Gasteiger partial charge < -0.3 is 19.7 Å². The molecule has 2 rings (SSSR count). The van der Waals surface area contributed by atoms with Gasteiger partial charge >= 0.3 is 0 Å². The van der Waals surface area contributed by atoms with Gasteiger partial charge in [0.15, 0.2) is 16.6 Å². The quantitative estimate of drug-likeness (QED) is 0.674. The Morgan fingerprint density at radius 1 is 1.28 bits per heavy atom. The standard InChI is InChI=1S/C17H23N3O3S2/c1-20(2)7-8-24-11-16(21)19-17-18-13(10-25-17)12-5-6-14(22-3)15(9-12)23-4/h5-6,9-10H,7-8,11H2,1-4H3,(H,18,19,21). The highest BCUT2D eigenvalue weighted by atomic mass is 32.2. The molecule has 1 amide bonds. The summed E-state index contributed by atoms with van der Waals surface area (Å²) in [5.74, 6) is 2.64. The number of amides is 1. The van der Waals surface area contributed by atoms with Crippen LogP contribution >= 0.6 is 23.1 Å². The van der Waals surface area contributed by atoms with Crippen molar-refractivity contribution in [1.29, 1.82) is 0 Å². The number of carbonyl (C=O) groups excluding carboxylic acids is 1. The van der Waals surface area contributed by atoms with Crippen LogP contribution < -0.4 is 14.8 Å². The van der Waals surface area contributed by atoms with Crippen molar-refractivity contribution >= 4 is 34.1 Å². The second-order valence-electron chi connectivity index (χ2n) is 5.51. The third-order valence-corrected chi connectivity index (χ3v) is 5.04. The van der Waals surface area contributed by atoms with E-state index in [9.17, 15) is 4.79 Å². The molecule has 0 spiro atoms. The number of thioether (sulfide) groups is 1. The lowest BCUT2D eigenvalue weighted by Gasteiger charge is -2.08. The monoisotopic (exact) mass is 381 g/mol. The first-order valence-electron chi connectivity index (χ1n) is 7.73. The predicted molar refractivity (Wildman–Crippen MR) is 105 cm³/mol. The maximum atomic E-state index is 12.0. The lowest BCUT2D eigenvalue weighted by atomic mass is 10.1. The molecule has 1 heterocycles. The number of nitrogens with one attached hydrogen (secondary N) is 1. The second-order valence-corrected chi connectivity index (χ2v) is 7.47. The fourth-order valence-electron chi connectivity index (χ4n) is 2.03. The average molecular weight is 382 g/mol. The van der Waals surface area contributed by atoms with Crippen molar-refractivity contribution in [3.63, 3.8) is 0 Å². The van der Waals surface area contributed by atoms with Gasteiger partial charge in [0.05, 0.1) is 25.7 Å². The number of nitrogens with zero attached hydrogens (tertiary/aromatic N) is 2. The van der Waals surface area contributed by atoms with E-state index in [0.717, 1.165) is 23.6 Å². The maximum absolute atomic E-state index is 12.0. The fourth-order valence-corrected chi connectivity index (χ4v) is 3.66. The Morgan fingerprint density at radius 3 is 2.72 bits per heavy atom. The van der Waals surface area contributed by atoms with E-state index in [4.69, 9.17) is 9.47 Å². The first-order valence-corrected chi connectivity index (χ1v) is 9.77. The number of carbonyl (C=O) groups is 1. The molecule has 1 aromatic carbocycles. The molecular weight excluding hydrogens is 358 g/mol. The van der Waals surface area contributed by atoms with Gasteiger partial charge in [-0.3, -0.25) is 4.79 Å². The molecule has 1 aromatic heterocycles. The van der Waals surface area contributed by atoms with Crippen molar-refractivity contribution in [2.75, 3.05) is 51.7 Å². The van der Waals surface area contributed by atoms with E-state index in [1.54, 1.807) is 26.0 Å². The van der Waals surface area contributed by atoms with Gasteiger partial charge in [-0.25, -0.2) is 4.98 Å². The molecule has 136 valence electrons. The number of hydrogen-bond donors (Lipinski definition) is 1. The summed E-state index contributed by atoms with van der Waals surface area (Å²) < 4.78 is 10.6. The minimum absolute atomic E-state index is 0.0306. The van der Waals surface area contributed by atoms with E-state index in [0.29, 0.717) is 22.4 Å². The average Bonchev–Trinajstić information content (AvgIpc) is 3.06. The van der Waals surface area contributed by atoms with Crippen LogP contribution in [0.4, 0.5) is 5.13 Å². The van der Waals surface area contributed by atoms with Gasteiger partial charge in [0, 0.05) is 23.2 Å². The number of hydrogen-bond acceptors (Lipinski definition) is 7. The number of thiazole rings is 1. The maximum Gasteiger partial charge on any atom is 0.236 e. The number of benzene rings is 1. The predicted octanol–water partition coefficient (Wildman–Crippen LogP) is 3.06. The third kappa shape index (κ3) is 5.91. The Balaban J connectivity index is 1.94. The SMILES string of the molecule is COc1ccc(-c2csc(NC(=O)CSCCN(C)C)n2)cc1OC. The molecule has 0 fully saturated rings. The highest BCUT2D eigenvalue weighted by Crippen LogP contribution is 2.33. The molecule has 25 heavy (non-hydrogen) atoms. The number of ether oxygens (including phenoxy) is 2. The van der Waals surface area contributed by atoms with Crippen LogP contribution in [-0.2, 0) is 4.79 Å². The zero-order valence-electron chi connectivity index (χ0n) is 14.9. The van der Waals surface area contributed by atoms with E-state index < -0.39 is 0 Å². The van der Waals surface area contributed by atoms with Gasteiger partial charge in [0.25, 0.3) is 0 Å². The Labute approximate surface area is 156 Å². The summed E-state index contributed by atoms with van der Waals surface area (Å²) in [6, 6.07) is 5.63. The van der Waals surface area contributed by atoms with Crippen molar-refractivity contribution < 1.29 is 14.3 Å². The summed E-state index contributed by atoms with van der Waals surface area (Å²) in [6.45, 7) is 0.957. The lowest BCUT2D eigenvalue weighted by Crippen LogP contribution is -2.18. The van der Waals surface area contributed by atoms with Crippen LogP contribution in [0.5, 0.6) is 11.5 Å². The number of aromatic nitrogens is 1. The van der Waals surface area contributed by atoms with Gasteiger partial charge in [-0.2, -0.15) is 11.8 Å². The molecule has 8 heteroatoms. The molecular formula is C17H23N3O3S2. The summed E-state index contributed by atoms with van der Waals surface area (Å²) in [6.07, 6.45) is 0. The van der Waals surface area contributed by atoms with Crippen molar-refractivity contribution in [1.82, 2.24) is 9.88 Å². The Morgan fingerprint density at radius 2 is 2.04 bits per heavy atom. The van der Waals surface area contributed by atoms with Crippen molar-refractivity contribution in [3.8, 4) is 22.8 Å². The molecule has 0 aliphatic carbocycles. The van der Waals surface area contributed by atoms with Gasteiger partial charge in [-0.1, -0.05) is 0 Å². The first-order chi connectivity index (χ1) is 12.0. The first kappa shape index (κ1) is 19.6. The molecule has 6 nitrogen and oxygen atoms in total. The molecule has 0 atom stereocenters. The topological polar surface area (TPSA) is 63.7 Å². The Kier molecular flexibility index (Phi) is 7.54. The van der Waals surface area contributed by atoms with Gasteiger partial charge in [0.1, 0.15) is 0 Å². The van der Waals surface area contributed by atoms with Crippen LogP contribution in [0.2, 0.25) is 0 Å². The van der Waals surface area contributed by atoms with E-state index in [2.05, 4.69) is 15.2 Å². The molecule has 0 saturated carbocycles. The summed E-state index contributed by atoms with van der Waals surface area (Å²) in [5, 5.41) is 5.36. The minimum Gasteiger partial charge on any atom is -0.493 e. The molecule has 1 N–H and O–H groups in total. The van der Waals surface area contributed by atoms with Crippen LogP contribution in [0.15, 0.2) is 23.6 Å². The number of methoxy groups -OCH3 is 2. The fraction of sp³-hybridized carbons (Fsp3) is 0.412. The molecule has 0 aliphatic rings. The number of rotatable bonds is 9. The summed E-state index contributed by atoms with van der Waals surface area (Å²) in [5.41, 5.74) is 1.70. The van der Waals surface area contributed by atoms with Crippen molar-refractivity contribution in [3.05, 3.63) is 23.6 Å². The minimum atomic E-state index is -0.0306. The smallest absolute Gasteiger partial charge is 0.236 e. The summed E-state index contributed by atoms with van der Waals surface area (Å²) in [4.78, 5) is 18.6. The molecule has 0 radical (unpaired) electrons. The lowest BCUT2D eigenvalue weighted by molar-refractivity contribution is -0.113. The van der Waals surface area contributed by atoms with Gasteiger partial charge in [-0.05, 0) is 32.3 Å². The highest BCUT2D eigenvalue weighted by Gasteiger charge is 2.11. The van der Waals surface area contributed by atoms with E-state index >= 15 is 0 Å². The molecule has 0 bridgehead atoms. The van der Waals surface area contributed by atoms with E-state index in [-0.39, 0.29) is 5.91 Å². The zero-order chi connectivity index (χ0) is 18.2. The van der Waals surface area contributed by atoms with Crippen LogP contribution in [0.25, 0.3) is 11.3 Å². The zero-order valence-corrected chi connectivity index (χ0v) is 16.5. The van der Waals surface area contributed by atoms with Gasteiger partial charge in [0.2, 0.25) is 5.91 Å². The van der Waals surface area contributed by atoms with Crippen LogP contribution in [0.3, 0.4) is 0 Å². The molecule has 0 aliphatic heterocycles. The van der Waals surface area contributed by atoms with E-state index in [1.807, 2.05) is 37.7 Å². The Hall–Kier alpha value is -1.77. The van der Waals surface area contributed by atoms with Gasteiger partial charge in [-0.15, -0.1) is 11.3 Å². The van der Waals surface area contributed by atoms with E-state index in [1.165, 1.54) is 11.3 Å². The molecule has 0 unspecified atom stereocenters. The largest absolute Gasteiger partial charge is 0.493 e. The van der Waals surface area contributed by atoms with Crippen LogP contribution in [0, 0.1) is 0 Å². The van der Waals surface area contributed by atoms with Crippen LogP contribution in [-0.4, -0.2) is 62.2 Å². The van der Waals surface area contributed by atoms with Crippen molar-refractivity contribution in [2.45, 2.75) is 0 Å². The molecule has 0 saturated heterocycles. The second kappa shape index (κ2) is 9.65.